The van der Waals surface area contributed by atoms with E-state index in [9.17, 15) is 4.79 Å². The number of aryl methyl sites for hydroxylation is 1. The highest BCUT2D eigenvalue weighted by molar-refractivity contribution is 7.20. The number of carbonyl (C=O) groups excluding carboxylic acids is 1. The molecule has 1 spiro atoms. The molecular weight excluding hydrogens is 288 g/mol. The summed E-state index contributed by atoms with van der Waals surface area (Å²) in [5, 5.41) is 12.0. The fourth-order valence-corrected chi connectivity index (χ4v) is 4.10. The zero-order chi connectivity index (χ0) is 14.4. The van der Waals surface area contributed by atoms with Crippen LogP contribution in [0.4, 0.5) is 5.13 Å². The summed E-state index contributed by atoms with van der Waals surface area (Å²) in [6.07, 6.45) is 3.48. The Hall–Kier alpha value is -1.67. The predicted molar refractivity (Wildman–Crippen MR) is 80.8 cm³/mol. The van der Waals surface area contributed by atoms with E-state index in [0.29, 0.717) is 0 Å². The third-order valence-corrected chi connectivity index (χ3v) is 5.42. The summed E-state index contributed by atoms with van der Waals surface area (Å²) in [7, 11) is 0. The summed E-state index contributed by atoms with van der Waals surface area (Å²) in [6, 6.07) is 0. The summed E-state index contributed by atoms with van der Waals surface area (Å²) in [5.41, 5.74) is 0.677. The smallest absolute Gasteiger partial charge is 0.240 e. The molecule has 0 atom stereocenters. The van der Waals surface area contributed by atoms with Crippen molar-refractivity contribution in [2.75, 3.05) is 31.1 Å². The molecule has 4 heterocycles. The molecule has 2 N–H and O–H groups in total. The molecule has 0 saturated carbocycles. The normalized spacial score (nSPS) is 22.0. The van der Waals surface area contributed by atoms with Gasteiger partial charge in [0.2, 0.25) is 16.0 Å². The van der Waals surface area contributed by atoms with E-state index in [1.165, 1.54) is 0 Å². The SMILES string of the molecule is Cc1cnc2sc(N3CCC4(CC3)NCCNC4=O)nn12. The minimum Gasteiger partial charge on any atom is -0.353 e. The van der Waals surface area contributed by atoms with Crippen LogP contribution < -0.4 is 15.5 Å². The minimum atomic E-state index is -0.373. The molecule has 0 bridgehead atoms. The average Bonchev–Trinajstić information content (AvgIpc) is 3.06. The van der Waals surface area contributed by atoms with Crippen LogP contribution in [0.25, 0.3) is 4.96 Å². The van der Waals surface area contributed by atoms with Crippen LogP contribution in [0.1, 0.15) is 18.5 Å². The lowest BCUT2D eigenvalue weighted by molar-refractivity contribution is -0.130. The predicted octanol–water partition coefficient (Wildman–Crippen LogP) is 0.158. The van der Waals surface area contributed by atoms with Gasteiger partial charge in [-0.15, -0.1) is 5.10 Å². The number of nitrogens with one attached hydrogen (secondary N) is 2. The number of piperidine rings is 1. The summed E-state index contributed by atoms with van der Waals surface area (Å²) in [5.74, 6) is 0.151. The van der Waals surface area contributed by atoms with Gasteiger partial charge in [-0.3, -0.25) is 4.79 Å². The Labute approximate surface area is 126 Å². The van der Waals surface area contributed by atoms with Gasteiger partial charge in [0.05, 0.1) is 11.9 Å². The zero-order valence-electron chi connectivity index (χ0n) is 11.9. The van der Waals surface area contributed by atoms with Gasteiger partial charge in [0.25, 0.3) is 0 Å². The number of hydrogen-bond acceptors (Lipinski definition) is 6. The van der Waals surface area contributed by atoms with Gasteiger partial charge in [-0.2, -0.15) is 0 Å². The highest BCUT2D eigenvalue weighted by Crippen LogP contribution is 2.30. The van der Waals surface area contributed by atoms with Gasteiger partial charge < -0.3 is 15.5 Å². The van der Waals surface area contributed by atoms with E-state index >= 15 is 0 Å². The van der Waals surface area contributed by atoms with E-state index in [0.717, 1.165) is 54.8 Å². The van der Waals surface area contributed by atoms with Crippen molar-refractivity contribution < 1.29 is 4.79 Å². The largest absolute Gasteiger partial charge is 0.353 e. The quantitative estimate of drug-likeness (QED) is 0.785. The molecule has 2 aromatic rings. The van der Waals surface area contributed by atoms with E-state index in [2.05, 4.69) is 25.6 Å². The highest BCUT2D eigenvalue weighted by atomic mass is 32.1. The van der Waals surface area contributed by atoms with Crippen LogP contribution in [-0.2, 0) is 4.79 Å². The molecule has 2 aromatic heterocycles. The van der Waals surface area contributed by atoms with Crippen LogP contribution in [-0.4, -0.2) is 52.2 Å². The molecule has 2 aliphatic rings. The van der Waals surface area contributed by atoms with E-state index in [1.807, 2.05) is 17.6 Å². The first-order valence-corrected chi connectivity index (χ1v) is 8.09. The molecule has 7 nitrogen and oxygen atoms in total. The lowest BCUT2D eigenvalue weighted by atomic mass is 9.85. The molecular formula is C13H18N6OS. The summed E-state index contributed by atoms with van der Waals surface area (Å²) < 4.78 is 1.88. The van der Waals surface area contributed by atoms with Crippen molar-refractivity contribution in [3.63, 3.8) is 0 Å². The molecule has 1 amide bonds. The van der Waals surface area contributed by atoms with Crippen LogP contribution in [0.5, 0.6) is 0 Å². The second kappa shape index (κ2) is 4.67. The molecule has 2 fully saturated rings. The van der Waals surface area contributed by atoms with Crippen LogP contribution in [0.15, 0.2) is 6.20 Å². The van der Waals surface area contributed by atoms with Gasteiger partial charge in [0.15, 0.2) is 0 Å². The fourth-order valence-electron chi connectivity index (χ4n) is 3.13. The first kappa shape index (κ1) is 13.0. The Balaban J connectivity index is 1.53. The van der Waals surface area contributed by atoms with Gasteiger partial charge in [-0.05, 0) is 19.8 Å². The molecule has 0 unspecified atom stereocenters. The third kappa shape index (κ3) is 2.01. The lowest BCUT2D eigenvalue weighted by Crippen LogP contribution is -2.66. The van der Waals surface area contributed by atoms with E-state index in [-0.39, 0.29) is 11.4 Å². The maximum Gasteiger partial charge on any atom is 0.240 e. The average molecular weight is 306 g/mol. The molecule has 21 heavy (non-hydrogen) atoms. The first-order valence-electron chi connectivity index (χ1n) is 7.27. The van der Waals surface area contributed by atoms with Gasteiger partial charge >= 0.3 is 0 Å². The number of rotatable bonds is 1. The number of carbonyl (C=O) groups is 1. The van der Waals surface area contributed by atoms with E-state index in [1.54, 1.807) is 11.3 Å². The number of hydrogen-bond donors (Lipinski definition) is 2. The number of anilines is 1. The number of aromatic nitrogens is 3. The standard InChI is InChI=1S/C13H18N6OS/c1-9-8-15-11-19(9)17-12(21-11)18-6-2-13(3-7-18)10(20)14-4-5-16-13/h8,16H,2-7H2,1H3,(H,14,20). The molecule has 0 aliphatic carbocycles. The van der Waals surface area contributed by atoms with Crippen molar-refractivity contribution in [3.05, 3.63) is 11.9 Å². The van der Waals surface area contributed by atoms with Gasteiger partial charge in [0, 0.05) is 26.2 Å². The fraction of sp³-hybridized carbons (Fsp3) is 0.615. The Morgan fingerprint density at radius 3 is 2.86 bits per heavy atom. The Bertz CT molecular complexity index is 684. The number of piperazine rings is 1. The van der Waals surface area contributed by atoms with Crippen molar-refractivity contribution >= 4 is 27.3 Å². The Morgan fingerprint density at radius 2 is 2.14 bits per heavy atom. The maximum absolute atomic E-state index is 12.1. The summed E-state index contributed by atoms with van der Waals surface area (Å²) >= 11 is 1.61. The molecule has 0 radical (unpaired) electrons. The lowest BCUT2D eigenvalue weighted by Gasteiger charge is -2.43. The number of amides is 1. The number of imidazole rings is 1. The summed E-state index contributed by atoms with van der Waals surface area (Å²) in [4.78, 5) is 19.7. The molecule has 0 aromatic carbocycles. The molecule has 2 saturated heterocycles. The van der Waals surface area contributed by atoms with Gasteiger partial charge in [-0.25, -0.2) is 9.50 Å². The van der Waals surface area contributed by atoms with Gasteiger partial charge in [0.1, 0.15) is 5.54 Å². The third-order valence-electron chi connectivity index (χ3n) is 4.44. The maximum atomic E-state index is 12.1. The second-order valence-electron chi connectivity index (χ2n) is 5.73. The van der Waals surface area contributed by atoms with Crippen LogP contribution in [0.3, 0.4) is 0 Å². The molecule has 4 rings (SSSR count). The second-order valence-corrected chi connectivity index (χ2v) is 6.66. The van der Waals surface area contributed by atoms with Gasteiger partial charge in [-0.1, -0.05) is 11.3 Å². The highest BCUT2D eigenvalue weighted by Gasteiger charge is 2.43. The van der Waals surface area contributed by atoms with E-state index in [4.69, 9.17) is 0 Å². The van der Waals surface area contributed by atoms with E-state index < -0.39 is 0 Å². The zero-order valence-corrected chi connectivity index (χ0v) is 12.7. The number of nitrogens with zero attached hydrogens (tertiary/aromatic N) is 4. The van der Waals surface area contributed by atoms with Crippen LogP contribution >= 0.6 is 11.3 Å². The molecule has 8 heteroatoms. The summed E-state index contributed by atoms with van der Waals surface area (Å²) in [6.45, 7) is 5.28. The van der Waals surface area contributed by atoms with Crippen molar-refractivity contribution in [2.45, 2.75) is 25.3 Å². The molecule has 2 aliphatic heterocycles. The van der Waals surface area contributed by atoms with Crippen molar-refractivity contribution in [1.82, 2.24) is 25.2 Å². The van der Waals surface area contributed by atoms with Crippen molar-refractivity contribution in [2.24, 2.45) is 0 Å². The van der Waals surface area contributed by atoms with Crippen molar-refractivity contribution in [3.8, 4) is 0 Å². The van der Waals surface area contributed by atoms with Crippen LogP contribution in [0, 0.1) is 6.92 Å². The number of fused-ring (bicyclic) bond motifs is 1. The molecule has 112 valence electrons. The first-order chi connectivity index (χ1) is 10.2. The monoisotopic (exact) mass is 306 g/mol. The van der Waals surface area contributed by atoms with Crippen LogP contribution in [0.2, 0.25) is 0 Å². The topological polar surface area (TPSA) is 74.6 Å². The Morgan fingerprint density at radius 1 is 1.33 bits per heavy atom. The van der Waals surface area contributed by atoms with Crippen molar-refractivity contribution in [1.29, 1.82) is 0 Å². The Kier molecular flexibility index (Phi) is 2.90. The minimum absolute atomic E-state index is 0.151.